The molecule has 0 saturated carbocycles. The van der Waals surface area contributed by atoms with E-state index in [0.29, 0.717) is 28.8 Å². The standard InChI is InChI=1S/C21H27N5O2S/c1-14(2)10-13-25-19(28)16-8-4-5-9-17(16)26-20(25)22-23-21(26)29-15(3)18(27)24-11-6-7-12-24/h4-5,8-9,14-15H,6-7,10-13H2,1-3H3. The Kier molecular flexibility index (Phi) is 5.63. The maximum Gasteiger partial charge on any atom is 0.262 e. The summed E-state index contributed by atoms with van der Waals surface area (Å²) < 4.78 is 3.64. The van der Waals surface area contributed by atoms with Crippen molar-refractivity contribution in [3.8, 4) is 0 Å². The maximum absolute atomic E-state index is 13.1. The maximum atomic E-state index is 13.1. The van der Waals surface area contributed by atoms with Crippen molar-refractivity contribution in [1.82, 2.24) is 24.1 Å². The van der Waals surface area contributed by atoms with Crippen molar-refractivity contribution in [2.24, 2.45) is 5.92 Å². The average Bonchev–Trinajstić information content (AvgIpc) is 3.38. The van der Waals surface area contributed by atoms with Crippen LogP contribution in [0.1, 0.15) is 40.0 Å². The number of aromatic nitrogens is 4. The molecule has 0 bridgehead atoms. The zero-order valence-electron chi connectivity index (χ0n) is 17.2. The zero-order chi connectivity index (χ0) is 20.5. The Morgan fingerprint density at radius 3 is 2.59 bits per heavy atom. The second-order valence-corrected chi connectivity index (χ2v) is 9.37. The molecule has 1 aromatic carbocycles. The van der Waals surface area contributed by atoms with E-state index in [4.69, 9.17) is 0 Å². The van der Waals surface area contributed by atoms with Crippen LogP contribution in [0.3, 0.4) is 0 Å². The minimum Gasteiger partial charge on any atom is -0.342 e. The number of thioether (sulfide) groups is 1. The van der Waals surface area contributed by atoms with Gasteiger partial charge in [-0.25, -0.2) is 0 Å². The van der Waals surface area contributed by atoms with Crippen molar-refractivity contribution >= 4 is 34.3 Å². The number of para-hydroxylation sites is 1. The molecule has 2 aromatic heterocycles. The van der Waals surface area contributed by atoms with Crippen LogP contribution in [0.4, 0.5) is 0 Å². The van der Waals surface area contributed by atoms with Crippen molar-refractivity contribution in [2.75, 3.05) is 13.1 Å². The number of amides is 1. The minimum absolute atomic E-state index is 0.0427. The Labute approximate surface area is 174 Å². The van der Waals surface area contributed by atoms with E-state index in [9.17, 15) is 9.59 Å². The molecule has 4 rings (SSSR count). The average molecular weight is 414 g/mol. The van der Waals surface area contributed by atoms with Crippen LogP contribution in [0.25, 0.3) is 16.7 Å². The predicted octanol–water partition coefficient (Wildman–Crippen LogP) is 3.19. The van der Waals surface area contributed by atoms with E-state index in [1.54, 1.807) is 4.57 Å². The second-order valence-electron chi connectivity index (χ2n) is 8.07. The normalized spacial score (nSPS) is 15.7. The van der Waals surface area contributed by atoms with Gasteiger partial charge in [-0.05, 0) is 44.2 Å². The van der Waals surface area contributed by atoms with Gasteiger partial charge in [0.05, 0.1) is 16.2 Å². The number of fused-ring (bicyclic) bond motifs is 3. The number of benzene rings is 1. The second kappa shape index (κ2) is 8.18. The van der Waals surface area contributed by atoms with Crippen LogP contribution in [0, 0.1) is 5.92 Å². The zero-order valence-corrected chi connectivity index (χ0v) is 18.0. The molecule has 8 heteroatoms. The Morgan fingerprint density at radius 2 is 1.86 bits per heavy atom. The first kappa shape index (κ1) is 19.9. The molecule has 1 atom stereocenters. The molecule has 7 nitrogen and oxygen atoms in total. The molecule has 3 aromatic rings. The summed E-state index contributed by atoms with van der Waals surface area (Å²) in [5.74, 6) is 1.16. The van der Waals surface area contributed by atoms with Gasteiger partial charge in [0.1, 0.15) is 0 Å². The molecule has 29 heavy (non-hydrogen) atoms. The van der Waals surface area contributed by atoms with Gasteiger partial charge >= 0.3 is 0 Å². The van der Waals surface area contributed by atoms with Gasteiger partial charge in [-0.2, -0.15) is 0 Å². The fourth-order valence-corrected chi connectivity index (χ4v) is 4.74. The third-order valence-corrected chi connectivity index (χ3v) is 6.49. The highest BCUT2D eigenvalue weighted by Gasteiger charge is 2.26. The molecule has 1 aliphatic rings. The Balaban J connectivity index is 1.77. The number of rotatable bonds is 6. The van der Waals surface area contributed by atoms with Crippen LogP contribution in [-0.4, -0.2) is 48.3 Å². The molecule has 0 N–H and O–H groups in total. The van der Waals surface area contributed by atoms with E-state index in [1.165, 1.54) is 11.8 Å². The van der Waals surface area contributed by atoms with Crippen molar-refractivity contribution in [3.63, 3.8) is 0 Å². The summed E-state index contributed by atoms with van der Waals surface area (Å²) in [7, 11) is 0. The first-order chi connectivity index (χ1) is 14.0. The van der Waals surface area contributed by atoms with Crippen LogP contribution in [0.15, 0.2) is 34.2 Å². The summed E-state index contributed by atoms with van der Waals surface area (Å²) in [6.45, 7) is 8.46. The Hall–Kier alpha value is -2.35. The first-order valence-electron chi connectivity index (χ1n) is 10.3. The van der Waals surface area contributed by atoms with Gasteiger partial charge in [0.25, 0.3) is 5.56 Å². The van der Waals surface area contributed by atoms with Gasteiger partial charge < -0.3 is 4.90 Å². The van der Waals surface area contributed by atoms with Gasteiger partial charge in [-0.1, -0.05) is 37.7 Å². The first-order valence-corrected chi connectivity index (χ1v) is 11.2. The number of likely N-dealkylation sites (tertiary alicyclic amines) is 1. The summed E-state index contributed by atoms with van der Waals surface area (Å²) in [6.07, 6.45) is 3.03. The largest absolute Gasteiger partial charge is 0.342 e. The van der Waals surface area contributed by atoms with E-state index < -0.39 is 0 Å². The van der Waals surface area contributed by atoms with Gasteiger partial charge in [-0.3, -0.25) is 18.6 Å². The van der Waals surface area contributed by atoms with E-state index in [0.717, 1.165) is 37.9 Å². The van der Waals surface area contributed by atoms with Gasteiger partial charge in [0.15, 0.2) is 5.16 Å². The van der Waals surface area contributed by atoms with Gasteiger partial charge in [0, 0.05) is 19.6 Å². The lowest BCUT2D eigenvalue weighted by atomic mass is 10.1. The number of hydrogen-bond acceptors (Lipinski definition) is 5. The molecule has 1 saturated heterocycles. The molecule has 154 valence electrons. The van der Waals surface area contributed by atoms with Crippen LogP contribution in [-0.2, 0) is 11.3 Å². The predicted molar refractivity (Wildman–Crippen MR) is 115 cm³/mol. The topological polar surface area (TPSA) is 72.5 Å². The minimum atomic E-state index is -0.254. The number of carbonyl (C=O) groups excluding carboxylic acids is 1. The van der Waals surface area contributed by atoms with Crippen LogP contribution in [0.5, 0.6) is 0 Å². The highest BCUT2D eigenvalue weighted by molar-refractivity contribution is 8.00. The third-order valence-electron chi connectivity index (χ3n) is 5.46. The van der Waals surface area contributed by atoms with Crippen LogP contribution in [0.2, 0.25) is 0 Å². The van der Waals surface area contributed by atoms with E-state index >= 15 is 0 Å². The summed E-state index contributed by atoms with van der Waals surface area (Å²) in [5, 5.41) is 9.75. The van der Waals surface area contributed by atoms with E-state index in [1.807, 2.05) is 40.5 Å². The van der Waals surface area contributed by atoms with Crippen LogP contribution >= 0.6 is 11.8 Å². The summed E-state index contributed by atoms with van der Waals surface area (Å²) in [6, 6.07) is 7.54. The molecule has 0 radical (unpaired) electrons. The number of hydrogen-bond donors (Lipinski definition) is 0. The van der Waals surface area contributed by atoms with E-state index in [-0.39, 0.29) is 16.7 Å². The Bertz CT molecular complexity index is 1100. The molecule has 1 unspecified atom stereocenters. The SMILES string of the molecule is CC(C)CCn1c(=O)c2ccccc2n2c(SC(C)C(=O)N3CCCC3)nnc12. The molecule has 0 aliphatic carbocycles. The number of aryl methyl sites for hydroxylation is 1. The Morgan fingerprint density at radius 1 is 1.14 bits per heavy atom. The monoisotopic (exact) mass is 413 g/mol. The molecule has 1 fully saturated rings. The van der Waals surface area contributed by atoms with E-state index in [2.05, 4.69) is 24.0 Å². The molecular formula is C21H27N5O2S. The van der Waals surface area contributed by atoms with Crippen molar-refractivity contribution in [1.29, 1.82) is 0 Å². The van der Waals surface area contributed by atoms with Gasteiger partial charge in [0.2, 0.25) is 11.7 Å². The van der Waals surface area contributed by atoms with Crippen molar-refractivity contribution < 1.29 is 4.79 Å². The van der Waals surface area contributed by atoms with Crippen LogP contribution < -0.4 is 5.56 Å². The highest BCUT2D eigenvalue weighted by atomic mass is 32.2. The molecule has 0 spiro atoms. The fourth-order valence-electron chi connectivity index (χ4n) is 3.80. The quantitative estimate of drug-likeness (QED) is 0.580. The lowest BCUT2D eigenvalue weighted by Gasteiger charge is -2.19. The molecule has 1 amide bonds. The smallest absolute Gasteiger partial charge is 0.262 e. The fraction of sp³-hybridized carbons (Fsp3) is 0.524. The summed E-state index contributed by atoms with van der Waals surface area (Å²) in [4.78, 5) is 27.8. The lowest BCUT2D eigenvalue weighted by molar-refractivity contribution is -0.129. The van der Waals surface area contributed by atoms with Gasteiger partial charge in [-0.15, -0.1) is 10.2 Å². The molecular weight excluding hydrogens is 386 g/mol. The number of nitrogens with zero attached hydrogens (tertiary/aromatic N) is 5. The highest BCUT2D eigenvalue weighted by Crippen LogP contribution is 2.27. The van der Waals surface area contributed by atoms with Crippen molar-refractivity contribution in [2.45, 2.75) is 57.0 Å². The lowest BCUT2D eigenvalue weighted by Crippen LogP contribution is -2.34. The third kappa shape index (κ3) is 3.77. The number of carbonyl (C=O) groups is 1. The van der Waals surface area contributed by atoms with Crippen molar-refractivity contribution in [3.05, 3.63) is 34.6 Å². The molecule has 1 aliphatic heterocycles. The molecule has 3 heterocycles. The summed E-state index contributed by atoms with van der Waals surface area (Å²) >= 11 is 1.41. The summed E-state index contributed by atoms with van der Waals surface area (Å²) in [5.41, 5.74) is 0.737.